The third kappa shape index (κ3) is 3.71. The molecule has 1 fully saturated rings. The lowest BCUT2D eigenvalue weighted by molar-refractivity contribution is -0.151. The number of carbonyl (C=O) groups excluding carboxylic acids is 1. The van der Waals surface area contributed by atoms with Gasteiger partial charge in [-0.1, -0.05) is 18.2 Å². The van der Waals surface area contributed by atoms with Gasteiger partial charge < -0.3 is 15.2 Å². The summed E-state index contributed by atoms with van der Waals surface area (Å²) in [6, 6.07) is 9.71. The number of aliphatic carboxylic acids is 1. The first-order chi connectivity index (χ1) is 12.0. The Morgan fingerprint density at radius 1 is 1.28 bits per heavy atom. The van der Waals surface area contributed by atoms with Gasteiger partial charge in [0.05, 0.1) is 11.4 Å². The highest BCUT2D eigenvalue weighted by Gasteiger charge is 2.34. The molecule has 1 amide bonds. The Balaban J connectivity index is 1.69. The number of hydrogen-bond acceptors (Lipinski definition) is 4. The maximum Gasteiger partial charge on any atom is 0.332 e. The van der Waals surface area contributed by atoms with E-state index >= 15 is 0 Å². The number of hydrogen-bond donors (Lipinski definition) is 2. The lowest BCUT2D eigenvalue weighted by Gasteiger charge is -2.14. The van der Waals surface area contributed by atoms with Crippen LogP contribution in [0.3, 0.4) is 0 Å². The maximum atomic E-state index is 12.3. The molecule has 1 aromatic carbocycles. The molecule has 1 aliphatic rings. The summed E-state index contributed by atoms with van der Waals surface area (Å²) in [7, 11) is 0. The minimum atomic E-state index is -1.02. The van der Waals surface area contributed by atoms with Gasteiger partial charge >= 0.3 is 5.97 Å². The number of nitrogens with one attached hydrogen (secondary N) is 1. The number of aromatic nitrogens is 2. The van der Waals surface area contributed by atoms with Crippen molar-refractivity contribution in [3.8, 4) is 5.69 Å². The lowest BCUT2D eigenvalue weighted by atomic mass is 10.1. The molecular weight excluding hydrogens is 322 g/mol. The molecule has 7 heteroatoms. The minimum absolute atomic E-state index is 0.285. The van der Waals surface area contributed by atoms with Gasteiger partial charge in [0.1, 0.15) is 6.10 Å². The van der Waals surface area contributed by atoms with Crippen molar-refractivity contribution >= 4 is 11.9 Å². The second kappa shape index (κ2) is 7.06. The van der Waals surface area contributed by atoms with Crippen molar-refractivity contribution in [1.82, 2.24) is 15.1 Å². The molecule has 0 aliphatic carbocycles. The van der Waals surface area contributed by atoms with Crippen LogP contribution in [0.2, 0.25) is 0 Å². The zero-order valence-corrected chi connectivity index (χ0v) is 14.2. The van der Waals surface area contributed by atoms with Crippen molar-refractivity contribution in [2.24, 2.45) is 0 Å². The Bertz CT molecular complexity index is 799. The summed E-state index contributed by atoms with van der Waals surface area (Å²) in [5, 5.41) is 16.3. The van der Waals surface area contributed by atoms with Crippen molar-refractivity contribution in [3.05, 3.63) is 47.3 Å². The molecule has 1 aliphatic heterocycles. The molecule has 25 heavy (non-hydrogen) atoms. The Hall–Kier alpha value is -2.67. The van der Waals surface area contributed by atoms with Gasteiger partial charge in [0, 0.05) is 12.2 Å². The maximum absolute atomic E-state index is 12.3. The molecule has 0 saturated carbocycles. The second-order valence-electron chi connectivity index (χ2n) is 6.21. The molecule has 2 atom stereocenters. The molecule has 2 heterocycles. The van der Waals surface area contributed by atoms with E-state index in [1.807, 2.05) is 48.9 Å². The van der Waals surface area contributed by atoms with E-state index in [1.165, 1.54) is 0 Å². The number of carboxylic acids is 1. The highest BCUT2D eigenvalue weighted by atomic mass is 16.5. The van der Waals surface area contributed by atoms with E-state index in [1.54, 1.807) is 0 Å². The van der Waals surface area contributed by atoms with Crippen LogP contribution in [0.5, 0.6) is 0 Å². The predicted octanol–water partition coefficient (Wildman–Crippen LogP) is 1.74. The molecule has 132 valence electrons. The average molecular weight is 343 g/mol. The van der Waals surface area contributed by atoms with E-state index in [2.05, 4.69) is 10.4 Å². The molecule has 7 nitrogen and oxygen atoms in total. The van der Waals surface area contributed by atoms with Crippen molar-refractivity contribution in [2.45, 2.75) is 45.4 Å². The molecule has 0 unspecified atom stereocenters. The zero-order chi connectivity index (χ0) is 18.0. The summed E-state index contributed by atoms with van der Waals surface area (Å²) in [5.41, 5.74) is 3.77. The Kier molecular flexibility index (Phi) is 4.85. The van der Waals surface area contributed by atoms with Crippen LogP contribution in [0.4, 0.5) is 0 Å². The second-order valence-corrected chi connectivity index (χ2v) is 6.21. The van der Waals surface area contributed by atoms with Crippen molar-refractivity contribution in [2.75, 3.05) is 0 Å². The van der Waals surface area contributed by atoms with Gasteiger partial charge in [-0.25, -0.2) is 9.48 Å². The summed E-state index contributed by atoms with van der Waals surface area (Å²) in [5.74, 6) is -1.31. The molecule has 1 saturated heterocycles. The first-order valence-electron chi connectivity index (χ1n) is 8.23. The van der Waals surface area contributed by atoms with E-state index in [9.17, 15) is 9.59 Å². The van der Waals surface area contributed by atoms with Gasteiger partial charge in [0.2, 0.25) is 5.91 Å². The van der Waals surface area contributed by atoms with Gasteiger partial charge in [-0.2, -0.15) is 5.10 Å². The zero-order valence-electron chi connectivity index (χ0n) is 14.2. The van der Waals surface area contributed by atoms with Gasteiger partial charge in [-0.3, -0.25) is 4.79 Å². The fourth-order valence-electron chi connectivity index (χ4n) is 3.05. The molecule has 1 aromatic heterocycles. The smallest absolute Gasteiger partial charge is 0.332 e. The molecule has 3 rings (SSSR count). The number of aryl methyl sites for hydroxylation is 2. The molecule has 2 aromatic rings. The Labute approximate surface area is 145 Å². The average Bonchev–Trinajstić information content (AvgIpc) is 3.19. The Morgan fingerprint density at radius 3 is 2.64 bits per heavy atom. The summed E-state index contributed by atoms with van der Waals surface area (Å²) in [4.78, 5) is 23.2. The molecule has 0 bridgehead atoms. The number of amides is 1. The largest absolute Gasteiger partial charge is 0.479 e. The van der Waals surface area contributed by atoms with Crippen molar-refractivity contribution in [1.29, 1.82) is 0 Å². The standard InChI is InChI=1S/C18H21N3O4/c1-11-9-12(2)21(20-11)14-6-4-3-5-13(14)10-19-17(22)15-7-8-16(25-15)18(23)24/h3-6,9,15-16H,7-8,10H2,1-2H3,(H,19,22)(H,23,24)/t15-,16+/m0/s1. The number of rotatable bonds is 5. The van der Waals surface area contributed by atoms with E-state index in [0.29, 0.717) is 19.4 Å². The van der Waals surface area contributed by atoms with E-state index in [-0.39, 0.29) is 5.91 Å². The third-order valence-corrected chi connectivity index (χ3v) is 4.27. The number of benzene rings is 1. The van der Waals surface area contributed by atoms with Crippen molar-refractivity contribution in [3.63, 3.8) is 0 Å². The number of carbonyl (C=O) groups is 2. The number of carboxylic acid groups (broad SMARTS) is 1. The van der Waals surface area contributed by atoms with Crippen LogP contribution in [0.1, 0.15) is 29.8 Å². The summed E-state index contributed by atoms with van der Waals surface area (Å²) >= 11 is 0. The molecule has 0 radical (unpaired) electrons. The van der Waals surface area contributed by atoms with Crippen LogP contribution in [0, 0.1) is 13.8 Å². The monoisotopic (exact) mass is 343 g/mol. The quantitative estimate of drug-likeness (QED) is 0.862. The summed E-state index contributed by atoms with van der Waals surface area (Å²) < 4.78 is 7.13. The van der Waals surface area contributed by atoms with Crippen molar-refractivity contribution < 1.29 is 19.4 Å². The highest BCUT2D eigenvalue weighted by molar-refractivity contribution is 5.82. The number of para-hydroxylation sites is 1. The fourth-order valence-corrected chi connectivity index (χ4v) is 3.05. The topological polar surface area (TPSA) is 93.5 Å². The molecule has 0 spiro atoms. The van der Waals surface area contributed by atoms with E-state index in [0.717, 1.165) is 22.6 Å². The van der Waals surface area contributed by atoms with Crippen LogP contribution >= 0.6 is 0 Å². The van der Waals surface area contributed by atoms with Crippen LogP contribution in [-0.4, -0.2) is 39.0 Å². The van der Waals surface area contributed by atoms with Crippen LogP contribution in [0.15, 0.2) is 30.3 Å². The van der Waals surface area contributed by atoms with E-state index < -0.39 is 18.2 Å². The van der Waals surface area contributed by atoms with Gasteiger partial charge in [-0.05, 0) is 44.4 Å². The lowest BCUT2D eigenvalue weighted by Crippen LogP contribution is -2.35. The van der Waals surface area contributed by atoms with Crippen LogP contribution < -0.4 is 5.32 Å². The van der Waals surface area contributed by atoms with Gasteiger partial charge in [-0.15, -0.1) is 0 Å². The van der Waals surface area contributed by atoms with Crippen LogP contribution in [-0.2, 0) is 20.9 Å². The SMILES string of the molecule is Cc1cc(C)n(-c2ccccc2CNC(=O)[C@@H]2CC[C@H](C(=O)O)O2)n1. The van der Waals surface area contributed by atoms with Gasteiger partial charge in [0.25, 0.3) is 0 Å². The predicted molar refractivity (Wildman–Crippen MR) is 90.4 cm³/mol. The summed E-state index contributed by atoms with van der Waals surface area (Å²) in [6.45, 7) is 4.24. The Morgan fingerprint density at radius 2 is 2.00 bits per heavy atom. The third-order valence-electron chi connectivity index (χ3n) is 4.27. The number of nitrogens with zero attached hydrogens (tertiary/aromatic N) is 2. The summed E-state index contributed by atoms with van der Waals surface area (Å²) in [6.07, 6.45) is -0.822. The van der Waals surface area contributed by atoms with Crippen LogP contribution in [0.25, 0.3) is 5.69 Å². The van der Waals surface area contributed by atoms with E-state index in [4.69, 9.17) is 9.84 Å². The normalized spacial score (nSPS) is 19.8. The number of ether oxygens (including phenoxy) is 1. The first kappa shape index (κ1) is 17.2. The fraction of sp³-hybridized carbons (Fsp3) is 0.389. The first-order valence-corrected chi connectivity index (χ1v) is 8.23. The van der Waals surface area contributed by atoms with Gasteiger partial charge in [0.15, 0.2) is 6.10 Å². The minimum Gasteiger partial charge on any atom is -0.479 e. The highest BCUT2D eigenvalue weighted by Crippen LogP contribution is 2.21. The molecular formula is C18H21N3O4. The molecule has 2 N–H and O–H groups in total.